The SMILES string of the molecule is CCNC(CC)c1ccc(-c2ccc(F)cc2C)s1. The minimum Gasteiger partial charge on any atom is -0.310 e. The fraction of sp³-hybridized carbons (Fsp3) is 0.375. The minimum atomic E-state index is -0.169. The molecule has 1 heterocycles. The quantitative estimate of drug-likeness (QED) is 0.817. The van der Waals surface area contributed by atoms with Crippen molar-refractivity contribution in [2.75, 3.05) is 6.54 Å². The average Bonchev–Trinajstić information content (AvgIpc) is 2.85. The van der Waals surface area contributed by atoms with E-state index in [-0.39, 0.29) is 5.82 Å². The predicted molar refractivity (Wildman–Crippen MR) is 81.2 cm³/mol. The van der Waals surface area contributed by atoms with Gasteiger partial charge in [-0.25, -0.2) is 4.39 Å². The third-order valence-corrected chi connectivity index (χ3v) is 4.52. The first-order valence-corrected chi connectivity index (χ1v) is 7.57. The van der Waals surface area contributed by atoms with Gasteiger partial charge in [-0.2, -0.15) is 0 Å². The van der Waals surface area contributed by atoms with E-state index in [1.807, 2.05) is 13.0 Å². The van der Waals surface area contributed by atoms with Crippen molar-refractivity contribution in [2.45, 2.75) is 33.2 Å². The molecule has 1 nitrogen and oxygen atoms in total. The zero-order valence-corrected chi connectivity index (χ0v) is 12.5. The number of hydrogen-bond acceptors (Lipinski definition) is 2. The van der Waals surface area contributed by atoms with Crippen LogP contribution in [0.5, 0.6) is 0 Å². The Balaban J connectivity index is 2.29. The molecule has 0 aliphatic carbocycles. The van der Waals surface area contributed by atoms with Crippen molar-refractivity contribution in [3.8, 4) is 10.4 Å². The maximum absolute atomic E-state index is 13.1. The molecular weight excluding hydrogens is 257 g/mol. The molecule has 3 heteroatoms. The van der Waals surface area contributed by atoms with Crippen molar-refractivity contribution < 1.29 is 4.39 Å². The van der Waals surface area contributed by atoms with E-state index in [4.69, 9.17) is 0 Å². The van der Waals surface area contributed by atoms with Gasteiger partial charge in [-0.05, 0) is 55.3 Å². The van der Waals surface area contributed by atoms with Gasteiger partial charge in [0.15, 0.2) is 0 Å². The molecule has 1 unspecified atom stereocenters. The van der Waals surface area contributed by atoms with Crippen LogP contribution in [0.15, 0.2) is 30.3 Å². The molecule has 0 aliphatic heterocycles. The number of aryl methyl sites for hydroxylation is 1. The molecule has 102 valence electrons. The molecule has 0 aliphatic rings. The van der Waals surface area contributed by atoms with E-state index in [1.165, 1.54) is 15.8 Å². The molecule has 0 bridgehead atoms. The van der Waals surface area contributed by atoms with Crippen LogP contribution >= 0.6 is 11.3 Å². The molecule has 1 aromatic carbocycles. The highest BCUT2D eigenvalue weighted by Gasteiger charge is 2.12. The topological polar surface area (TPSA) is 12.0 Å². The second-order valence-electron chi connectivity index (χ2n) is 4.68. The van der Waals surface area contributed by atoms with Gasteiger partial charge in [-0.15, -0.1) is 11.3 Å². The van der Waals surface area contributed by atoms with Crippen LogP contribution in [-0.4, -0.2) is 6.54 Å². The monoisotopic (exact) mass is 277 g/mol. The summed E-state index contributed by atoms with van der Waals surface area (Å²) in [6.07, 6.45) is 1.08. The van der Waals surface area contributed by atoms with Crippen molar-refractivity contribution in [3.63, 3.8) is 0 Å². The van der Waals surface area contributed by atoms with Gasteiger partial charge in [0.05, 0.1) is 0 Å². The van der Waals surface area contributed by atoms with E-state index in [0.717, 1.165) is 24.1 Å². The molecule has 2 aromatic rings. The summed E-state index contributed by atoms with van der Waals surface area (Å²) >= 11 is 1.79. The molecule has 1 N–H and O–H groups in total. The molecule has 19 heavy (non-hydrogen) atoms. The lowest BCUT2D eigenvalue weighted by Gasteiger charge is -2.13. The number of rotatable bonds is 5. The van der Waals surface area contributed by atoms with E-state index in [2.05, 4.69) is 31.3 Å². The normalized spacial score (nSPS) is 12.6. The van der Waals surface area contributed by atoms with Gasteiger partial charge < -0.3 is 5.32 Å². The van der Waals surface area contributed by atoms with Gasteiger partial charge in [0, 0.05) is 15.8 Å². The van der Waals surface area contributed by atoms with Crippen LogP contribution < -0.4 is 5.32 Å². The standard InChI is InChI=1S/C16H20FNS/c1-4-14(18-5-2)16-9-8-15(19-16)13-7-6-12(17)10-11(13)3/h6-10,14,18H,4-5H2,1-3H3. The number of halogens is 1. The number of nitrogens with one attached hydrogen (secondary N) is 1. The summed E-state index contributed by atoms with van der Waals surface area (Å²) in [5, 5.41) is 3.49. The average molecular weight is 277 g/mol. The molecule has 1 atom stereocenters. The summed E-state index contributed by atoms with van der Waals surface area (Å²) in [5.41, 5.74) is 2.12. The van der Waals surface area contributed by atoms with Crippen molar-refractivity contribution in [2.24, 2.45) is 0 Å². The Kier molecular flexibility index (Phi) is 4.72. The number of benzene rings is 1. The smallest absolute Gasteiger partial charge is 0.123 e. The van der Waals surface area contributed by atoms with E-state index in [9.17, 15) is 4.39 Å². The van der Waals surface area contributed by atoms with Gasteiger partial charge in [0.25, 0.3) is 0 Å². The highest BCUT2D eigenvalue weighted by Crippen LogP contribution is 2.34. The second kappa shape index (κ2) is 6.31. The van der Waals surface area contributed by atoms with Crippen LogP contribution in [0.1, 0.15) is 36.8 Å². The molecule has 1 aromatic heterocycles. The number of thiophene rings is 1. The molecule has 2 rings (SSSR count). The molecular formula is C16H20FNS. The first-order chi connectivity index (χ1) is 9.15. The summed E-state index contributed by atoms with van der Waals surface area (Å²) in [6.45, 7) is 7.25. The maximum Gasteiger partial charge on any atom is 0.123 e. The fourth-order valence-corrected chi connectivity index (χ4v) is 3.54. The van der Waals surface area contributed by atoms with Crippen LogP contribution in [0.3, 0.4) is 0 Å². The Morgan fingerprint density at radius 1 is 1.21 bits per heavy atom. The molecule has 0 amide bonds. The van der Waals surface area contributed by atoms with Crippen molar-refractivity contribution >= 4 is 11.3 Å². The first kappa shape index (κ1) is 14.2. The lowest BCUT2D eigenvalue weighted by molar-refractivity contribution is 0.545. The van der Waals surface area contributed by atoms with Gasteiger partial charge in [0.1, 0.15) is 5.82 Å². The summed E-state index contributed by atoms with van der Waals surface area (Å²) < 4.78 is 13.1. The zero-order valence-electron chi connectivity index (χ0n) is 11.7. The number of hydrogen-bond donors (Lipinski definition) is 1. The highest BCUT2D eigenvalue weighted by molar-refractivity contribution is 7.15. The molecule has 0 saturated carbocycles. The van der Waals surface area contributed by atoms with E-state index >= 15 is 0 Å². The Labute approximate surface area is 118 Å². The van der Waals surface area contributed by atoms with Gasteiger partial charge in [0.2, 0.25) is 0 Å². The zero-order chi connectivity index (χ0) is 13.8. The van der Waals surface area contributed by atoms with E-state index < -0.39 is 0 Å². The van der Waals surface area contributed by atoms with Crippen LogP contribution in [0, 0.1) is 12.7 Å². The second-order valence-corrected chi connectivity index (χ2v) is 5.80. The minimum absolute atomic E-state index is 0.169. The summed E-state index contributed by atoms with van der Waals surface area (Å²) in [6, 6.07) is 9.73. The largest absolute Gasteiger partial charge is 0.310 e. The van der Waals surface area contributed by atoms with Crippen molar-refractivity contribution in [1.82, 2.24) is 5.32 Å². The Morgan fingerprint density at radius 3 is 2.63 bits per heavy atom. The van der Waals surface area contributed by atoms with Crippen molar-refractivity contribution in [1.29, 1.82) is 0 Å². The van der Waals surface area contributed by atoms with Crippen LogP contribution in [0.2, 0.25) is 0 Å². The lowest BCUT2D eigenvalue weighted by Crippen LogP contribution is -2.18. The summed E-state index contributed by atoms with van der Waals surface area (Å²) in [5.74, 6) is -0.169. The fourth-order valence-electron chi connectivity index (χ4n) is 2.28. The predicted octanol–water partition coefficient (Wildman–Crippen LogP) is 4.92. The Hall–Kier alpha value is -1.19. The van der Waals surface area contributed by atoms with Gasteiger partial charge in [-0.3, -0.25) is 0 Å². The van der Waals surface area contributed by atoms with E-state index in [1.54, 1.807) is 17.4 Å². The van der Waals surface area contributed by atoms with Crippen LogP contribution in [0.4, 0.5) is 4.39 Å². The maximum atomic E-state index is 13.1. The third kappa shape index (κ3) is 3.23. The Bertz CT molecular complexity index is 547. The molecule has 0 radical (unpaired) electrons. The summed E-state index contributed by atoms with van der Waals surface area (Å²) in [7, 11) is 0. The highest BCUT2D eigenvalue weighted by atomic mass is 32.1. The molecule has 0 saturated heterocycles. The third-order valence-electron chi connectivity index (χ3n) is 3.28. The van der Waals surface area contributed by atoms with Gasteiger partial charge >= 0.3 is 0 Å². The lowest BCUT2D eigenvalue weighted by atomic mass is 10.1. The Morgan fingerprint density at radius 2 is 2.00 bits per heavy atom. The molecule has 0 fully saturated rings. The summed E-state index contributed by atoms with van der Waals surface area (Å²) in [4.78, 5) is 2.56. The first-order valence-electron chi connectivity index (χ1n) is 6.75. The van der Waals surface area contributed by atoms with Gasteiger partial charge in [-0.1, -0.05) is 19.9 Å². The van der Waals surface area contributed by atoms with Crippen molar-refractivity contribution in [3.05, 3.63) is 46.6 Å². The van der Waals surface area contributed by atoms with E-state index in [0.29, 0.717) is 6.04 Å². The molecule has 0 spiro atoms. The van der Waals surface area contributed by atoms with Crippen LogP contribution in [0.25, 0.3) is 10.4 Å². The van der Waals surface area contributed by atoms with Crippen LogP contribution in [-0.2, 0) is 0 Å².